The van der Waals surface area contributed by atoms with Gasteiger partial charge in [-0.3, -0.25) is 0 Å². The Labute approximate surface area is 103 Å². The van der Waals surface area contributed by atoms with Crippen LogP contribution in [0.25, 0.3) is 0 Å². The standard InChI is InChI=1S/C13H20N2O2/c1-10-5-6-12(11(2)9-10)14-13(16)15(3)7-8-17-4/h5-6,9H,7-8H2,1-4H3,(H,14,16). The third-order valence-corrected chi connectivity index (χ3v) is 2.60. The van der Waals surface area contributed by atoms with Gasteiger partial charge in [-0.1, -0.05) is 17.7 Å². The van der Waals surface area contributed by atoms with E-state index >= 15 is 0 Å². The highest BCUT2D eigenvalue weighted by Crippen LogP contribution is 2.16. The maximum atomic E-state index is 11.8. The summed E-state index contributed by atoms with van der Waals surface area (Å²) in [6, 6.07) is 5.84. The van der Waals surface area contributed by atoms with Crippen LogP contribution in [0.15, 0.2) is 18.2 Å². The van der Waals surface area contributed by atoms with Gasteiger partial charge in [0, 0.05) is 26.4 Å². The molecule has 0 aromatic heterocycles. The number of carbonyl (C=O) groups excluding carboxylic acids is 1. The highest BCUT2D eigenvalue weighted by Gasteiger charge is 2.09. The Morgan fingerprint density at radius 2 is 2.12 bits per heavy atom. The molecule has 0 atom stereocenters. The molecule has 1 N–H and O–H groups in total. The number of anilines is 1. The molecule has 17 heavy (non-hydrogen) atoms. The second-order valence-corrected chi connectivity index (χ2v) is 4.16. The van der Waals surface area contributed by atoms with E-state index in [0.29, 0.717) is 13.2 Å². The number of nitrogens with one attached hydrogen (secondary N) is 1. The predicted octanol–water partition coefficient (Wildman–Crippen LogP) is 2.41. The smallest absolute Gasteiger partial charge is 0.321 e. The quantitative estimate of drug-likeness (QED) is 0.872. The third kappa shape index (κ3) is 4.07. The number of amides is 2. The summed E-state index contributed by atoms with van der Waals surface area (Å²) in [7, 11) is 3.37. The third-order valence-electron chi connectivity index (χ3n) is 2.60. The van der Waals surface area contributed by atoms with Crippen LogP contribution in [0.3, 0.4) is 0 Å². The first-order valence-electron chi connectivity index (χ1n) is 5.63. The van der Waals surface area contributed by atoms with Gasteiger partial charge in [0.2, 0.25) is 0 Å². The SMILES string of the molecule is COCCN(C)C(=O)Nc1ccc(C)cc1C. The Balaban J connectivity index is 2.61. The molecule has 0 aliphatic carbocycles. The predicted molar refractivity (Wildman–Crippen MR) is 69.4 cm³/mol. The first kappa shape index (κ1) is 13.5. The lowest BCUT2D eigenvalue weighted by Gasteiger charge is -2.18. The lowest BCUT2D eigenvalue weighted by molar-refractivity contribution is 0.165. The number of carbonyl (C=O) groups is 1. The van der Waals surface area contributed by atoms with E-state index in [1.54, 1.807) is 19.1 Å². The number of ether oxygens (including phenoxy) is 1. The summed E-state index contributed by atoms with van der Waals surface area (Å²) >= 11 is 0. The average molecular weight is 236 g/mol. The first-order chi connectivity index (χ1) is 8.04. The minimum absolute atomic E-state index is 0.117. The van der Waals surface area contributed by atoms with E-state index in [2.05, 4.69) is 5.32 Å². The van der Waals surface area contributed by atoms with Gasteiger partial charge in [0.25, 0.3) is 0 Å². The van der Waals surface area contributed by atoms with Crippen molar-refractivity contribution in [1.29, 1.82) is 0 Å². The number of hydrogen-bond donors (Lipinski definition) is 1. The van der Waals surface area contributed by atoms with Crippen LogP contribution in [0.2, 0.25) is 0 Å². The molecule has 1 aromatic carbocycles. The molecule has 0 spiro atoms. The van der Waals surface area contributed by atoms with Crippen molar-refractivity contribution in [2.45, 2.75) is 13.8 Å². The summed E-state index contributed by atoms with van der Waals surface area (Å²) < 4.78 is 4.93. The fraction of sp³-hybridized carbons (Fsp3) is 0.462. The lowest BCUT2D eigenvalue weighted by atomic mass is 10.1. The van der Waals surface area contributed by atoms with E-state index in [9.17, 15) is 4.79 Å². The lowest BCUT2D eigenvalue weighted by Crippen LogP contribution is -2.34. The van der Waals surface area contributed by atoms with Gasteiger partial charge >= 0.3 is 6.03 Å². The van der Waals surface area contributed by atoms with Gasteiger partial charge in [-0.25, -0.2) is 4.79 Å². The van der Waals surface area contributed by atoms with Gasteiger partial charge in [0.15, 0.2) is 0 Å². The summed E-state index contributed by atoms with van der Waals surface area (Å²) in [5, 5.41) is 2.88. The van der Waals surface area contributed by atoms with Crippen molar-refractivity contribution in [3.8, 4) is 0 Å². The van der Waals surface area contributed by atoms with Crippen LogP contribution in [0.1, 0.15) is 11.1 Å². The summed E-state index contributed by atoms with van der Waals surface area (Å²) in [6.07, 6.45) is 0. The number of aryl methyl sites for hydroxylation is 2. The van der Waals surface area contributed by atoms with Crippen molar-refractivity contribution in [3.05, 3.63) is 29.3 Å². The minimum atomic E-state index is -0.117. The fourth-order valence-electron chi connectivity index (χ4n) is 1.49. The topological polar surface area (TPSA) is 41.6 Å². The Hall–Kier alpha value is -1.55. The molecule has 0 aliphatic heterocycles. The zero-order valence-electron chi connectivity index (χ0n) is 10.9. The fourth-order valence-corrected chi connectivity index (χ4v) is 1.49. The Bertz CT molecular complexity index is 391. The summed E-state index contributed by atoms with van der Waals surface area (Å²) in [5.41, 5.74) is 3.11. The van der Waals surface area contributed by atoms with Crippen LogP contribution in [0, 0.1) is 13.8 Å². The number of urea groups is 1. The Morgan fingerprint density at radius 3 is 2.71 bits per heavy atom. The van der Waals surface area contributed by atoms with Gasteiger partial charge in [0.05, 0.1) is 6.61 Å². The van der Waals surface area contributed by atoms with Crippen LogP contribution < -0.4 is 5.32 Å². The summed E-state index contributed by atoms with van der Waals surface area (Å²) in [6.45, 7) is 5.13. The molecule has 0 saturated heterocycles. The minimum Gasteiger partial charge on any atom is -0.383 e. The molecule has 0 radical (unpaired) electrons. The van der Waals surface area contributed by atoms with Gasteiger partial charge in [0.1, 0.15) is 0 Å². The first-order valence-corrected chi connectivity index (χ1v) is 5.63. The number of likely N-dealkylation sites (N-methyl/N-ethyl adjacent to an activating group) is 1. The van der Waals surface area contributed by atoms with E-state index in [1.165, 1.54) is 5.56 Å². The van der Waals surface area contributed by atoms with Crippen molar-refractivity contribution < 1.29 is 9.53 Å². The molecule has 4 heteroatoms. The zero-order chi connectivity index (χ0) is 12.8. The van der Waals surface area contributed by atoms with Crippen molar-refractivity contribution in [2.75, 3.05) is 32.6 Å². The maximum Gasteiger partial charge on any atom is 0.321 e. The monoisotopic (exact) mass is 236 g/mol. The molecule has 0 fully saturated rings. The second-order valence-electron chi connectivity index (χ2n) is 4.16. The number of nitrogens with zero attached hydrogens (tertiary/aromatic N) is 1. The van der Waals surface area contributed by atoms with E-state index in [-0.39, 0.29) is 6.03 Å². The molecule has 0 aliphatic rings. The molecule has 94 valence electrons. The number of hydrogen-bond acceptors (Lipinski definition) is 2. The number of benzene rings is 1. The molecular weight excluding hydrogens is 216 g/mol. The maximum absolute atomic E-state index is 11.8. The van der Waals surface area contributed by atoms with Gasteiger partial charge in [-0.05, 0) is 25.5 Å². The highest BCUT2D eigenvalue weighted by molar-refractivity contribution is 5.89. The number of methoxy groups -OCH3 is 1. The van der Waals surface area contributed by atoms with Gasteiger partial charge in [-0.2, -0.15) is 0 Å². The zero-order valence-corrected chi connectivity index (χ0v) is 10.9. The average Bonchev–Trinajstić information content (AvgIpc) is 2.29. The van der Waals surface area contributed by atoms with E-state index in [0.717, 1.165) is 11.3 Å². The largest absolute Gasteiger partial charge is 0.383 e. The van der Waals surface area contributed by atoms with Crippen LogP contribution in [0.5, 0.6) is 0 Å². The van der Waals surface area contributed by atoms with Crippen LogP contribution in [0.4, 0.5) is 10.5 Å². The normalized spacial score (nSPS) is 10.1. The van der Waals surface area contributed by atoms with Crippen molar-refractivity contribution in [2.24, 2.45) is 0 Å². The van der Waals surface area contributed by atoms with Crippen molar-refractivity contribution >= 4 is 11.7 Å². The van der Waals surface area contributed by atoms with Crippen LogP contribution in [-0.2, 0) is 4.74 Å². The molecule has 2 amide bonds. The van der Waals surface area contributed by atoms with Crippen LogP contribution in [-0.4, -0.2) is 38.2 Å². The van der Waals surface area contributed by atoms with Crippen molar-refractivity contribution in [1.82, 2.24) is 4.90 Å². The summed E-state index contributed by atoms with van der Waals surface area (Å²) in [5.74, 6) is 0. The molecule has 0 saturated carbocycles. The van der Waals surface area contributed by atoms with Gasteiger partial charge in [-0.15, -0.1) is 0 Å². The van der Waals surface area contributed by atoms with E-state index in [1.807, 2.05) is 32.0 Å². The number of rotatable bonds is 4. The van der Waals surface area contributed by atoms with E-state index in [4.69, 9.17) is 4.74 Å². The summed E-state index contributed by atoms with van der Waals surface area (Å²) in [4.78, 5) is 13.4. The van der Waals surface area contributed by atoms with Gasteiger partial charge < -0.3 is 15.0 Å². The molecule has 1 aromatic rings. The molecule has 0 heterocycles. The second kappa shape index (κ2) is 6.25. The molecular formula is C13H20N2O2. The molecule has 1 rings (SSSR count). The molecule has 4 nitrogen and oxygen atoms in total. The highest BCUT2D eigenvalue weighted by atomic mass is 16.5. The Kier molecular flexibility index (Phi) is 4.97. The van der Waals surface area contributed by atoms with E-state index < -0.39 is 0 Å². The van der Waals surface area contributed by atoms with Crippen LogP contribution >= 0.6 is 0 Å². The molecule has 0 unspecified atom stereocenters. The Morgan fingerprint density at radius 1 is 1.41 bits per heavy atom. The molecule has 0 bridgehead atoms. The van der Waals surface area contributed by atoms with Crippen molar-refractivity contribution in [3.63, 3.8) is 0 Å².